The molecule has 0 fully saturated rings. The van der Waals surface area contributed by atoms with Gasteiger partial charge in [0, 0.05) is 22.5 Å². The third kappa shape index (κ3) is 3.05. The zero-order valence-corrected chi connectivity index (χ0v) is 12.3. The van der Waals surface area contributed by atoms with Crippen LogP contribution in [0.4, 0.5) is 0 Å². The Kier molecular flexibility index (Phi) is 4.19. The first-order chi connectivity index (χ1) is 9.51. The summed E-state index contributed by atoms with van der Waals surface area (Å²) < 4.78 is 0. The van der Waals surface area contributed by atoms with Gasteiger partial charge < -0.3 is 10.9 Å². The summed E-state index contributed by atoms with van der Waals surface area (Å²) in [6, 6.07) is 3.56. The molecule has 0 aliphatic rings. The number of hydrogen-bond donors (Lipinski definition) is 2. The van der Waals surface area contributed by atoms with E-state index in [0.29, 0.717) is 10.9 Å². The summed E-state index contributed by atoms with van der Waals surface area (Å²) in [6.07, 6.45) is 1.60. The number of amidine groups is 1. The average Bonchev–Trinajstić information content (AvgIpc) is 2.44. The third-order valence-corrected chi connectivity index (χ3v) is 3.78. The average molecular weight is 289 g/mol. The standard InChI is InChI=1S/C13H15N5OS/c1-7-8(2)16-13(17-9(7)3)20-10-4-5-15-11(6-10)12(14)18-19/h4-6,19H,1-3H3,(H2,14,18). The number of hydrogen-bond acceptors (Lipinski definition) is 6. The molecule has 7 heteroatoms. The van der Waals surface area contributed by atoms with Crippen LogP contribution in [0.1, 0.15) is 22.6 Å². The van der Waals surface area contributed by atoms with Crippen LogP contribution in [0.15, 0.2) is 33.5 Å². The van der Waals surface area contributed by atoms with Gasteiger partial charge in [0.05, 0.1) is 0 Å². The molecule has 0 radical (unpaired) electrons. The van der Waals surface area contributed by atoms with Crippen LogP contribution in [0, 0.1) is 20.8 Å². The van der Waals surface area contributed by atoms with Gasteiger partial charge in [-0.15, -0.1) is 0 Å². The van der Waals surface area contributed by atoms with Crippen LogP contribution >= 0.6 is 11.8 Å². The van der Waals surface area contributed by atoms with E-state index in [4.69, 9.17) is 10.9 Å². The Balaban J connectivity index is 2.31. The first kappa shape index (κ1) is 14.3. The van der Waals surface area contributed by atoms with E-state index in [-0.39, 0.29) is 5.84 Å². The lowest BCUT2D eigenvalue weighted by Crippen LogP contribution is -2.14. The minimum absolute atomic E-state index is 0.0235. The van der Waals surface area contributed by atoms with Gasteiger partial charge in [0.15, 0.2) is 11.0 Å². The number of aryl methyl sites for hydroxylation is 2. The second-order valence-corrected chi connectivity index (χ2v) is 5.31. The summed E-state index contributed by atoms with van der Waals surface area (Å²) >= 11 is 1.41. The predicted molar refractivity (Wildman–Crippen MR) is 77.1 cm³/mol. The van der Waals surface area contributed by atoms with Crippen molar-refractivity contribution in [1.29, 1.82) is 0 Å². The minimum Gasteiger partial charge on any atom is -0.409 e. The van der Waals surface area contributed by atoms with Crippen LogP contribution in [-0.4, -0.2) is 26.0 Å². The van der Waals surface area contributed by atoms with E-state index in [0.717, 1.165) is 21.8 Å². The van der Waals surface area contributed by atoms with Gasteiger partial charge in [-0.2, -0.15) is 0 Å². The molecule has 0 aromatic carbocycles. The lowest BCUT2D eigenvalue weighted by Gasteiger charge is -2.07. The van der Waals surface area contributed by atoms with Crippen molar-refractivity contribution < 1.29 is 5.21 Å². The van der Waals surface area contributed by atoms with Crippen LogP contribution in [0.25, 0.3) is 0 Å². The van der Waals surface area contributed by atoms with Gasteiger partial charge >= 0.3 is 0 Å². The van der Waals surface area contributed by atoms with Crippen LogP contribution in [0.5, 0.6) is 0 Å². The summed E-state index contributed by atoms with van der Waals surface area (Å²) in [5.74, 6) is -0.0235. The molecular formula is C13H15N5OS. The molecule has 2 aromatic rings. The minimum atomic E-state index is -0.0235. The zero-order chi connectivity index (χ0) is 14.7. The Morgan fingerprint density at radius 1 is 1.25 bits per heavy atom. The highest BCUT2D eigenvalue weighted by atomic mass is 32.2. The maximum absolute atomic E-state index is 8.66. The molecule has 0 saturated heterocycles. The van der Waals surface area contributed by atoms with E-state index in [1.807, 2.05) is 26.8 Å². The Morgan fingerprint density at radius 2 is 1.90 bits per heavy atom. The molecule has 20 heavy (non-hydrogen) atoms. The smallest absolute Gasteiger partial charge is 0.192 e. The van der Waals surface area contributed by atoms with Gasteiger partial charge in [0.25, 0.3) is 0 Å². The molecule has 0 bridgehead atoms. The molecule has 2 rings (SSSR count). The monoisotopic (exact) mass is 289 g/mol. The second kappa shape index (κ2) is 5.87. The highest BCUT2D eigenvalue weighted by molar-refractivity contribution is 7.99. The molecule has 0 aliphatic carbocycles. The van der Waals surface area contributed by atoms with Gasteiger partial charge in [0.2, 0.25) is 0 Å². The van der Waals surface area contributed by atoms with Crippen molar-refractivity contribution in [1.82, 2.24) is 15.0 Å². The first-order valence-electron chi connectivity index (χ1n) is 5.95. The molecule has 0 unspecified atom stereocenters. The van der Waals surface area contributed by atoms with Gasteiger partial charge in [-0.1, -0.05) is 5.16 Å². The number of rotatable bonds is 3. The van der Waals surface area contributed by atoms with Crippen molar-refractivity contribution in [2.45, 2.75) is 30.8 Å². The van der Waals surface area contributed by atoms with Crippen LogP contribution in [-0.2, 0) is 0 Å². The number of nitrogens with zero attached hydrogens (tertiary/aromatic N) is 4. The zero-order valence-electron chi connectivity index (χ0n) is 11.5. The van der Waals surface area contributed by atoms with Gasteiger partial charge in [-0.3, -0.25) is 4.98 Å². The Bertz CT molecular complexity index is 649. The Hall–Kier alpha value is -2.15. The Labute approximate surface area is 121 Å². The normalized spacial score (nSPS) is 11.7. The van der Waals surface area contributed by atoms with E-state index in [2.05, 4.69) is 20.1 Å². The van der Waals surface area contributed by atoms with E-state index in [1.165, 1.54) is 11.8 Å². The van der Waals surface area contributed by atoms with E-state index >= 15 is 0 Å². The first-order valence-corrected chi connectivity index (χ1v) is 6.76. The van der Waals surface area contributed by atoms with Gasteiger partial charge in [-0.05, 0) is 50.2 Å². The summed E-state index contributed by atoms with van der Waals surface area (Å²) in [4.78, 5) is 13.8. The quantitative estimate of drug-likeness (QED) is 0.295. The summed E-state index contributed by atoms with van der Waals surface area (Å²) in [7, 11) is 0. The highest BCUT2D eigenvalue weighted by Crippen LogP contribution is 2.26. The van der Waals surface area contributed by atoms with Crippen molar-refractivity contribution in [3.8, 4) is 0 Å². The predicted octanol–water partition coefficient (Wildman–Crippen LogP) is 2.04. The summed E-state index contributed by atoms with van der Waals surface area (Å²) in [5, 5.41) is 12.3. The van der Waals surface area contributed by atoms with Gasteiger partial charge in [0.1, 0.15) is 5.69 Å². The second-order valence-electron chi connectivity index (χ2n) is 4.27. The van der Waals surface area contributed by atoms with Crippen molar-refractivity contribution >= 4 is 17.6 Å². The lowest BCUT2D eigenvalue weighted by molar-refractivity contribution is 0.318. The SMILES string of the molecule is Cc1nc(Sc2ccnc(C(N)=NO)c2)nc(C)c1C. The molecule has 0 saturated carbocycles. The lowest BCUT2D eigenvalue weighted by atomic mass is 10.2. The fourth-order valence-electron chi connectivity index (χ4n) is 1.56. The van der Waals surface area contributed by atoms with Crippen molar-refractivity contribution in [3.05, 3.63) is 41.0 Å². The number of aromatic nitrogens is 3. The molecule has 2 heterocycles. The highest BCUT2D eigenvalue weighted by Gasteiger charge is 2.08. The van der Waals surface area contributed by atoms with E-state index in [1.54, 1.807) is 12.3 Å². The maximum Gasteiger partial charge on any atom is 0.192 e. The molecule has 2 aromatic heterocycles. The van der Waals surface area contributed by atoms with Crippen LogP contribution in [0.3, 0.4) is 0 Å². The number of nitrogens with two attached hydrogens (primary N) is 1. The number of pyridine rings is 1. The van der Waals surface area contributed by atoms with Crippen molar-refractivity contribution in [3.63, 3.8) is 0 Å². The van der Waals surface area contributed by atoms with Gasteiger partial charge in [-0.25, -0.2) is 9.97 Å². The van der Waals surface area contributed by atoms with Crippen LogP contribution < -0.4 is 5.73 Å². The Morgan fingerprint density at radius 3 is 2.50 bits per heavy atom. The molecule has 0 amide bonds. The molecule has 104 valence electrons. The summed E-state index contributed by atoms with van der Waals surface area (Å²) in [6.45, 7) is 5.92. The molecule has 0 aliphatic heterocycles. The fraction of sp³-hybridized carbons (Fsp3) is 0.231. The largest absolute Gasteiger partial charge is 0.409 e. The molecule has 3 N–H and O–H groups in total. The topological polar surface area (TPSA) is 97.3 Å². The third-order valence-electron chi connectivity index (χ3n) is 2.92. The number of oxime groups is 1. The fourth-order valence-corrected chi connectivity index (χ4v) is 2.43. The molecule has 0 spiro atoms. The maximum atomic E-state index is 8.66. The van der Waals surface area contributed by atoms with Crippen LogP contribution in [0.2, 0.25) is 0 Å². The van der Waals surface area contributed by atoms with Crippen molar-refractivity contribution in [2.75, 3.05) is 0 Å². The van der Waals surface area contributed by atoms with E-state index in [9.17, 15) is 0 Å². The van der Waals surface area contributed by atoms with E-state index < -0.39 is 0 Å². The summed E-state index contributed by atoms with van der Waals surface area (Å²) in [5.41, 5.74) is 8.96. The molecule has 0 atom stereocenters. The molecular weight excluding hydrogens is 274 g/mol. The van der Waals surface area contributed by atoms with Crippen molar-refractivity contribution in [2.24, 2.45) is 10.9 Å². The molecule has 6 nitrogen and oxygen atoms in total.